The zero-order chi connectivity index (χ0) is 15.4. The number of hydrogen-bond acceptors (Lipinski definition) is 6. The van der Waals surface area contributed by atoms with E-state index < -0.39 is 0 Å². The van der Waals surface area contributed by atoms with Gasteiger partial charge in [-0.15, -0.1) is 0 Å². The van der Waals surface area contributed by atoms with Crippen LogP contribution in [0.5, 0.6) is 0 Å². The maximum absolute atomic E-state index is 4.65. The number of hydrogen-bond donors (Lipinski definition) is 1. The van der Waals surface area contributed by atoms with Crippen molar-refractivity contribution in [3.8, 4) is 0 Å². The van der Waals surface area contributed by atoms with Gasteiger partial charge < -0.3 is 10.2 Å². The van der Waals surface area contributed by atoms with Crippen LogP contribution in [-0.2, 0) is 0 Å². The Morgan fingerprint density at radius 2 is 2.18 bits per heavy atom. The van der Waals surface area contributed by atoms with Gasteiger partial charge in [0.1, 0.15) is 17.5 Å². The van der Waals surface area contributed by atoms with Crippen LogP contribution < -0.4 is 5.32 Å². The molecule has 2 aromatic heterocycles. The van der Waals surface area contributed by atoms with Crippen molar-refractivity contribution in [2.24, 2.45) is 0 Å². The van der Waals surface area contributed by atoms with Gasteiger partial charge in [0.05, 0.1) is 11.9 Å². The van der Waals surface area contributed by atoms with E-state index >= 15 is 0 Å². The van der Waals surface area contributed by atoms with Crippen LogP contribution in [-0.4, -0.2) is 44.5 Å². The molecule has 0 aliphatic carbocycles. The van der Waals surface area contributed by atoms with Crippen LogP contribution in [0.2, 0.25) is 0 Å². The molecule has 3 rings (SSSR count). The predicted octanol–water partition coefficient (Wildman–Crippen LogP) is 2.52. The smallest absolute Gasteiger partial charge is 0.150 e. The van der Waals surface area contributed by atoms with Crippen LogP contribution in [0, 0.1) is 6.92 Å². The van der Waals surface area contributed by atoms with Gasteiger partial charge in [0.2, 0.25) is 0 Å². The van der Waals surface area contributed by atoms with E-state index in [1.54, 1.807) is 18.6 Å². The monoisotopic (exact) mass is 298 g/mol. The van der Waals surface area contributed by atoms with Gasteiger partial charge in [0, 0.05) is 30.9 Å². The molecule has 6 heteroatoms. The van der Waals surface area contributed by atoms with Gasteiger partial charge in [0.25, 0.3) is 0 Å². The molecule has 0 spiro atoms. The maximum atomic E-state index is 4.65. The largest absolute Gasteiger partial charge is 0.324 e. The van der Waals surface area contributed by atoms with Crippen molar-refractivity contribution in [2.45, 2.75) is 32.6 Å². The lowest BCUT2D eigenvalue weighted by molar-refractivity contribution is 0.216. The summed E-state index contributed by atoms with van der Waals surface area (Å²) in [6.07, 6.45) is 7.43. The highest BCUT2D eigenvalue weighted by Crippen LogP contribution is 2.27. The second kappa shape index (κ2) is 6.79. The fraction of sp³-hybridized carbons (Fsp3) is 0.500. The Bertz CT molecular complexity index is 615. The number of aromatic nitrogens is 4. The van der Waals surface area contributed by atoms with E-state index in [-0.39, 0.29) is 0 Å². The van der Waals surface area contributed by atoms with E-state index in [2.05, 4.69) is 37.1 Å². The van der Waals surface area contributed by atoms with E-state index in [9.17, 15) is 0 Å². The Hall–Kier alpha value is -2.08. The van der Waals surface area contributed by atoms with Crippen molar-refractivity contribution in [2.75, 3.05) is 25.0 Å². The predicted molar refractivity (Wildman–Crippen MR) is 86.2 cm³/mol. The number of likely N-dealkylation sites (tertiary alicyclic amines) is 1. The molecule has 1 saturated heterocycles. The van der Waals surface area contributed by atoms with Gasteiger partial charge in [-0.25, -0.2) is 15.0 Å². The van der Waals surface area contributed by atoms with E-state index in [4.69, 9.17) is 0 Å². The molecule has 1 fully saturated rings. The molecule has 2 aromatic rings. The Labute approximate surface area is 131 Å². The highest BCUT2D eigenvalue weighted by Gasteiger charge is 2.22. The molecule has 0 radical (unpaired) electrons. The van der Waals surface area contributed by atoms with Crippen LogP contribution in [0.25, 0.3) is 0 Å². The molecule has 3 heterocycles. The minimum Gasteiger partial charge on any atom is -0.324 e. The Balaban J connectivity index is 1.80. The van der Waals surface area contributed by atoms with Gasteiger partial charge in [-0.3, -0.25) is 4.98 Å². The number of likely N-dealkylation sites (N-methyl/N-ethyl adjacent to an activating group) is 1. The summed E-state index contributed by atoms with van der Waals surface area (Å²) in [6.45, 7) is 7.53. The summed E-state index contributed by atoms with van der Waals surface area (Å²) in [4.78, 5) is 19.9. The van der Waals surface area contributed by atoms with Crippen molar-refractivity contribution < 1.29 is 0 Å². The van der Waals surface area contributed by atoms with Crippen molar-refractivity contribution >= 4 is 11.6 Å². The third kappa shape index (κ3) is 3.57. The first-order valence-electron chi connectivity index (χ1n) is 7.85. The molecule has 6 nitrogen and oxygen atoms in total. The number of aryl methyl sites for hydroxylation is 1. The zero-order valence-corrected chi connectivity index (χ0v) is 13.2. The third-order valence-corrected chi connectivity index (χ3v) is 4.05. The molecule has 116 valence electrons. The standard InChI is InChI=1S/C16H22N6/c1-3-22-8-4-5-13(11-22)14-9-15(20-12(2)19-14)21-16-10-17-6-7-18-16/h6-7,9-10,13H,3-5,8,11H2,1-2H3,(H,18,19,20,21)/t13-/m0/s1. The molecule has 1 atom stereocenters. The molecular weight excluding hydrogens is 276 g/mol. The summed E-state index contributed by atoms with van der Waals surface area (Å²) in [6, 6.07) is 2.05. The van der Waals surface area contributed by atoms with Crippen LogP contribution in [0.3, 0.4) is 0 Å². The Kier molecular flexibility index (Phi) is 4.58. The normalized spacial score (nSPS) is 19.1. The highest BCUT2D eigenvalue weighted by atomic mass is 15.1. The third-order valence-electron chi connectivity index (χ3n) is 4.05. The molecule has 1 N–H and O–H groups in total. The van der Waals surface area contributed by atoms with Crippen LogP contribution >= 0.6 is 0 Å². The summed E-state index contributed by atoms with van der Waals surface area (Å²) in [5, 5.41) is 3.21. The van der Waals surface area contributed by atoms with E-state index in [0.717, 1.165) is 30.4 Å². The SMILES string of the molecule is CCN1CCC[C@H](c2cc(Nc3cnccn3)nc(C)n2)C1. The minimum atomic E-state index is 0.484. The zero-order valence-electron chi connectivity index (χ0n) is 13.2. The first-order valence-corrected chi connectivity index (χ1v) is 7.85. The summed E-state index contributed by atoms with van der Waals surface area (Å²) in [7, 11) is 0. The maximum Gasteiger partial charge on any atom is 0.150 e. The Morgan fingerprint density at radius 1 is 1.27 bits per heavy atom. The van der Waals surface area contributed by atoms with Gasteiger partial charge in [-0.05, 0) is 32.9 Å². The van der Waals surface area contributed by atoms with E-state index in [0.29, 0.717) is 11.7 Å². The highest BCUT2D eigenvalue weighted by molar-refractivity contribution is 5.50. The summed E-state index contributed by atoms with van der Waals surface area (Å²) < 4.78 is 0. The molecule has 1 aliphatic heterocycles. The van der Waals surface area contributed by atoms with Gasteiger partial charge in [0.15, 0.2) is 0 Å². The van der Waals surface area contributed by atoms with Crippen LogP contribution in [0.15, 0.2) is 24.7 Å². The number of nitrogens with one attached hydrogen (secondary N) is 1. The first kappa shape index (κ1) is 14.8. The molecule has 1 aliphatic rings. The molecule has 0 unspecified atom stereocenters. The summed E-state index contributed by atoms with van der Waals surface area (Å²) in [5.41, 5.74) is 1.12. The lowest BCUT2D eigenvalue weighted by atomic mass is 9.94. The van der Waals surface area contributed by atoms with Crippen LogP contribution in [0.1, 0.15) is 37.2 Å². The Morgan fingerprint density at radius 3 is 2.95 bits per heavy atom. The lowest BCUT2D eigenvalue weighted by Crippen LogP contribution is -2.34. The van der Waals surface area contributed by atoms with E-state index in [1.165, 1.54) is 19.4 Å². The van der Waals surface area contributed by atoms with Gasteiger partial charge >= 0.3 is 0 Å². The quantitative estimate of drug-likeness (QED) is 0.935. The van der Waals surface area contributed by atoms with Crippen molar-refractivity contribution in [3.05, 3.63) is 36.2 Å². The minimum absolute atomic E-state index is 0.484. The summed E-state index contributed by atoms with van der Waals surface area (Å²) >= 11 is 0. The van der Waals surface area contributed by atoms with Gasteiger partial charge in [-0.1, -0.05) is 6.92 Å². The molecule has 0 bridgehead atoms. The molecule has 0 aromatic carbocycles. The van der Waals surface area contributed by atoms with E-state index in [1.807, 2.05) is 13.0 Å². The van der Waals surface area contributed by atoms with Crippen molar-refractivity contribution in [3.63, 3.8) is 0 Å². The number of rotatable bonds is 4. The number of anilines is 2. The van der Waals surface area contributed by atoms with Crippen molar-refractivity contribution in [1.29, 1.82) is 0 Å². The molecular formula is C16H22N6. The second-order valence-electron chi connectivity index (χ2n) is 5.67. The number of nitrogens with zero attached hydrogens (tertiary/aromatic N) is 5. The average molecular weight is 298 g/mol. The molecule has 22 heavy (non-hydrogen) atoms. The first-order chi connectivity index (χ1) is 10.7. The fourth-order valence-electron chi connectivity index (χ4n) is 2.94. The summed E-state index contributed by atoms with van der Waals surface area (Å²) in [5.74, 6) is 2.76. The number of piperidine rings is 1. The fourth-order valence-corrected chi connectivity index (χ4v) is 2.94. The average Bonchev–Trinajstić information content (AvgIpc) is 2.55. The van der Waals surface area contributed by atoms with Gasteiger partial charge in [-0.2, -0.15) is 0 Å². The second-order valence-corrected chi connectivity index (χ2v) is 5.67. The van der Waals surface area contributed by atoms with Crippen LogP contribution in [0.4, 0.5) is 11.6 Å². The van der Waals surface area contributed by atoms with Crippen molar-refractivity contribution in [1.82, 2.24) is 24.8 Å². The topological polar surface area (TPSA) is 66.8 Å². The lowest BCUT2D eigenvalue weighted by Gasteiger charge is -2.31. The molecule has 0 saturated carbocycles. The molecule has 0 amide bonds.